The summed E-state index contributed by atoms with van der Waals surface area (Å²) in [6, 6.07) is 13.0. The maximum absolute atomic E-state index is 12.4. The molecule has 0 fully saturated rings. The van der Waals surface area contributed by atoms with Crippen molar-refractivity contribution < 1.29 is 9.59 Å². The van der Waals surface area contributed by atoms with Gasteiger partial charge in [-0.3, -0.25) is 9.59 Å². The Balaban J connectivity index is 1.63. The molecule has 0 aliphatic heterocycles. The molecule has 0 aliphatic rings. The van der Waals surface area contributed by atoms with E-state index in [-0.39, 0.29) is 24.5 Å². The molecular formula is C20H21N5O2S. The van der Waals surface area contributed by atoms with Crippen LogP contribution in [0, 0.1) is 13.8 Å². The molecule has 8 heteroatoms. The zero-order valence-corrected chi connectivity index (χ0v) is 16.8. The lowest BCUT2D eigenvalue weighted by atomic mass is 9.99. The first kappa shape index (κ1) is 19.8. The van der Waals surface area contributed by atoms with Crippen molar-refractivity contribution >= 4 is 29.1 Å². The van der Waals surface area contributed by atoms with E-state index in [1.165, 1.54) is 11.8 Å². The number of aryl methyl sites for hydroxylation is 2. The van der Waals surface area contributed by atoms with Crippen molar-refractivity contribution in [3.8, 4) is 5.69 Å². The van der Waals surface area contributed by atoms with E-state index in [4.69, 9.17) is 0 Å². The lowest BCUT2D eigenvalue weighted by molar-refractivity contribution is -0.116. The lowest BCUT2D eigenvalue weighted by Crippen LogP contribution is -2.14. The zero-order chi connectivity index (χ0) is 20.1. The number of nitrogens with zero attached hydrogens (tertiary/aromatic N) is 4. The topological polar surface area (TPSA) is 89.8 Å². The summed E-state index contributed by atoms with van der Waals surface area (Å²) in [6.45, 7) is 3.85. The molecule has 144 valence electrons. The number of thioether (sulfide) groups is 1. The van der Waals surface area contributed by atoms with Gasteiger partial charge in [-0.25, -0.2) is 0 Å². The average Bonchev–Trinajstić information content (AvgIpc) is 3.17. The molecule has 0 spiro atoms. The van der Waals surface area contributed by atoms with Crippen molar-refractivity contribution in [3.05, 3.63) is 59.2 Å². The molecule has 7 nitrogen and oxygen atoms in total. The van der Waals surface area contributed by atoms with Crippen molar-refractivity contribution in [1.29, 1.82) is 0 Å². The number of aromatic nitrogens is 4. The smallest absolute Gasteiger partial charge is 0.224 e. The number of ketones is 1. The van der Waals surface area contributed by atoms with Gasteiger partial charge < -0.3 is 5.32 Å². The Morgan fingerprint density at radius 3 is 2.71 bits per heavy atom. The SMILES string of the molecule is CSc1nnnn1-c1cccc(NC(=O)CCC(=O)c2cc(C)ccc2C)c1. The van der Waals surface area contributed by atoms with E-state index in [9.17, 15) is 9.59 Å². The first-order valence-electron chi connectivity index (χ1n) is 8.81. The maximum Gasteiger partial charge on any atom is 0.224 e. The van der Waals surface area contributed by atoms with Gasteiger partial charge in [0.2, 0.25) is 11.1 Å². The predicted octanol–water partition coefficient (Wildman–Crippen LogP) is 3.60. The molecule has 0 saturated carbocycles. The molecule has 0 atom stereocenters. The van der Waals surface area contributed by atoms with Crippen LogP contribution in [0.5, 0.6) is 0 Å². The Morgan fingerprint density at radius 1 is 1.11 bits per heavy atom. The number of hydrogen-bond acceptors (Lipinski definition) is 6. The fourth-order valence-electron chi connectivity index (χ4n) is 2.81. The normalized spacial score (nSPS) is 10.7. The number of hydrogen-bond donors (Lipinski definition) is 1. The highest BCUT2D eigenvalue weighted by Crippen LogP contribution is 2.19. The van der Waals surface area contributed by atoms with Crippen LogP contribution in [0.1, 0.15) is 34.3 Å². The third-order valence-corrected chi connectivity index (χ3v) is 4.89. The minimum atomic E-state index is -0.211. The second kappa shape index (κ2) is 8.79. The van der Waals surface area contributed by atoms with Crippen molar-refractivity contribution in [3.63, 3.8) is 0 Å². The predicted molar refractivity (Wildman–Crippen MR) is 109 cm³/mol. The van der Waals surface area contributed by atoms with Crippen molar-refractivity contribution in [2.75, 3.05) is 11.6 Å². The van der Waals surface area contributed by atoms with Crippen LogP contribution in [0.4, 0.5) is 5.69 Å². The fraction of sp³-hybridized carbons (Fsp3) is 0.250. The highest BCUT2D eigenvalue weighted by atomic mass is 32.2. The van der Waals surface area contributed by atoms with Gasteiger partial charge in [0, 0.05) is 24.1 Å². The van der Waals surface area contributed by atoms with Gasteiger partial charge in [0.15, 0.2) is 5.78 Å². The summed E-state index contributed by atoms with van der Waals surface area (Å²) in [5, 5.41) is 15.1. The molecule has 0 bridgehead atoms. The van der Waals surface area contributed by atoms with Crippen LogP contribution in [-0.2, 0) is 4.79 Å². The van der Waals surface area contributed by atoms with E-state index >= 15 is 0 Å². The number of anilines is 1. The quantitative estimate of drug-likeness (QED) is 0.486. The first-order valence-corrected chi connectivity index (χ1v) is 10.0. The minimum Gasteiger partial charge on any atom is -0.326 e. The summed E-state index contributed by atoms with van der Waals surface area (Å²) in [4.78, 5) is 24.8. The summed E-state index contributed by atoms with van der Waals surface area (Å²) in [5.74, 6) is -0.235. The van der Waals surface area contributed by atoms with Crippen molar-refractivity contribution in [2.45, 2.75) is 31.8 Å². The molecular weight excluding hydrogens is 374 g/mol. The van der Waals surface area contributed by atoms with Gasteiger partial charge >= 0.3 is 0 Å². The summed E-state index contributed by atoms with van der Waals surface area (Å²) in [7, 11) is 0. The monoisotopic (exact) mass is 395 g/mol. The van der Waals surface area contributed by atoms with Crippen molar-refractivity contribution in [2.24, 2.45) is 0 Å². The molecule has 1 heterocycles. The highest BCUT2D eigenvalue weighted by molar-refractivity contribution is 7.98. The van der Waals surface area contributed by atoms with Crippen LogP contribution in [-0.4, -0.2) is 38.2 Å². The molecule has 0 radical (unpaired) electrons. The molecule has 28 heavy (non-hydrogen) atoms. The molecule has 1 aromatic heterocycles. The van der Waals surface area contributed by atoms with Crippen LogP contribution in [0.3, 0.4) is 0 Å². The Morgan fingerprint density at radius 2 is 1.93 bits per heavy atom. The molecule has 0 unspecified atom stereocenters. The standard InChI is InChI=1S/C20H21N5O2S/c1-13-7-8-14(2)17(11-13)18(26)9-10-19(27)21-15-5-4-6-16(12-15)25-20(28-3)22-23-24-25/h4-8,11-12H,9-10H2,1-3H3,(H,21,27). The number of carbonyl (C=O) groups is 2. The van der Waals surface area contributed by atoms with Gasteiger partial charge in [-0.05, 0) is 60.4 Å². The van der Waals surface area contributed by atoms with Gasteiger partial charge in [0.1, 0.15) is 0 Å². The largest absolute Gasteiger partial charge is 0.326 e. The fourth-order valence-corrected chi connectivity index (χ4v) is 3.24. The van der Waals surface area contributed by atoms with Gasteiger partial charge in [0.25, 0.3) is 0 Å². The summed E-state index contributed by atoms with van der Waals surface area (Å²) < 4.78 is 1.60. The van der Waals surface area contributed by atoms with Gasteiger partial charge in [-0.2, -0.15) is 4.68 Å². The van der Waals surface area contributed by atoms with Gasteiger partial charge in [-0.15, -0.1) is 5.10 Å². The van der Waals surface area contributed by atoms with Crippen LogP contribution in [0.15, 0.2) is 47.6 Å². The molecule has 3 aromatic rings. The Kier molecular flexibility index (Phi) is 6.20. The van der Waals surface area contributed by atoms with E-state index in [1.807, 2.05) is 50.4 Å². The van der Waals surface area contributed by atoms with Crippen molar-refractivity contribution in [1.82, 2.24) is 20.2 Å². The maximum atomic E-state index is 12.4. The Labute approximate surface area is 167 Å². The number of rotatable bonds is 7. The zero-order valence-electron chi connectivity index (χ0n) is 16.0. The number of carbonyl (C=O) groups excluding carboxylic acids is 2. The minimum absolute atomic E-state index is 0.0246. The highest BCUT2D eigenvalue weighted by Gasteiger charge is 2.13. The summed E-state index contributed by atoms with van der Waals surface area (Å²) >= 11 is 1.43. The van der Waals surface area contributed by atoms with Crippen LogP contribution >= 0.6 is 11.8 Å². The number of benzene rings is 2. The van der Waals surface area contributed by atoms with E-state index < -0.39 is 0 Å². The van der Waals surface area contributed by atoms with Gasteiger partial charge in [0.05, 0.1) is 5.69 Å². The van der Waals surface area contributed by atoms with E-state index in [2.05, 4.69) is 20.8 Å². The van der Waals surface area contributed by atoms with E-state index in [0.717, 1.165) is 16.8 Å². The summed E-state index contributed by atoms with van der Waals surface area (Å²) in [5.41, 5.74) is 4.01. The molecule has 3 rings (SSSR count). The molecule has 0 saturated heterocycles. The molecule has 0 aliphatic carbocycles. The Bertz CT molecular complexity index is 1020. The number of nitrogens with one attached hydrogen (secondary N) is 1. The Hall–Kier alpha value is -3.00. The number of tetrazole rings is 1. The summed E-state index contributed by atoms with van der Waals surface area (Å²) in [6.07, 6.45) is 2.18. The molecule has 1 amide bonds. The molecule has 1 N–H and O–H groups in total. The second-order valence-corrected chi connectivity index (χ2v) is 7.19. The van der Waals surface area contributed by atoms with E-state index in [1.54, 1.807) is 16.8 Å². The lowest BCUT2D eigenvalue weighted by Gasteiger charge is -2.09. The van der Waals surface area contributed by atoms with Gasteiger partial charge in [-0.1, -0.05) is 35.5 Å². The first-order chi connectivity index (χ1) is 13.5. The second-order valence-electron chi connectivity index (χ2n) is 6.42. The number of Topliss-reactive ketones (excluding diaryl/α,β-unsaturated/α-hetero) is 1. The van der Waals surface area contributed by atoms with Crippen LogP contribution < -0.4 is 5.32 Å². The van der Waals surface area contributed by atoms with E-state index in [0.29, 0.717) is 16.4 Å². The number of amides is 1. The third kappa shape index (κ3) is 4.64. The average molecular weight is 395 g/mol. The van der Waals surface area contributed by atoms with Crippen LogP contribution in [0.2, 0.25) is 0 Å². The third-order valence-electron chi connectivity index (χ3n) is 4.27. The van der Waals surface area contributed by atoms with Crippen LogP contribution in [0.25, 0.3) is 5.69 Å². The molecule has 2 aromatic carbocycles.